The molecule has 0 aliphatic carbocycles. The van der Waals surface area contributed by atoms with E-state index in [0.717, 1.165) is 5.56 Å². The van der Waals surface area contributed by atoms with Crippen LogP contribution in [0.3, 0.4) is 0 Å². The predicted molar refractivity (Wildman–Crippen MR) is 74.7 cm³/mol. The van der Waals surface area contributed by atoms with Crippen molar-refractivity contribution < 1.29 is 4.79 Å². The van der Waals surface area contributed by atoms with Gasteiger partial charge in [-0.05, 0) is 19.4 Å². The maximum absolute atomic E-state index is 12.2. The molecule has 5 heteroatoms. The minimum atomic E-state index is -0.211. The minimum absolute atomic E-state index is 0.0803. The Bertz CT molecular complexity index is 589. The van der Waals surface area contributed by atoms with E-state index in [9.17, 15) is 4.79 Å². The summed E-state index contributed by atoms with van der Waals surface area (Å²) < 4.78 is 1.51. The first-order valence-electron chi connectivity index (χ1n) is 6.15. The average Bonchev–Trinajstić information content (AvgIpc) is 2.64. The van der Waals surface area contributed by atoms with Crippen LogP contribution in [0.2, 0.25) is 0 Å². The van der Waals surface area contributed by atoms with E-state index >= 15 is 0 Å². The Morgan fingerprint density at radius 1 is 1.37 bits per heavy atom. The largest absolute Gasteiger partial charge is 0.395 e. The molecule has 1 aromatic carbocycles. The highest BCUT2D eigenvalue weighted by molar-refractivity contribution is 5.98. The number of hydrogen-bond acceptors (Lipinski definition) is 3. The highest BCUT2D eigenvalue weighted by Gasteiger charge is 2.19. The molecule has 2 aromatic rings. The number of aromatic nitrogens is 2. The molecule has 0 spiro atoms. The summed E-state index contributed by atoms with van der Waals surface area (Å²) >= 11 is 0. The number of anilines is 1. The van der Waals surface area contributed by atoms with Gasteiger partial charge in [0.15, 0.2) is 0 Å². The zero-order valence-corrected chi connectivity index (χ0v) is 11.3. The van der Waals surface area contributed by atoms with Crippen molar-refractivity contribution in [1.82, 2.24) is 15.1 Å². The van der Waals surface area contributed by atoms with Crippen LogP contribution in [0.4, 0.5) is 5.69 Å². The highest BCUT2D eigenvalue weighted by Crippen LogP contribution is 2.17. The van der Waals surface area contributed by atoms with Gasteiger partial charge in [-0.25, -0.2) is 0 Å². The third-order valence-electron chi connectivity index (χ3n) is 3.13. The summed E-state index contributed by atoms with van der Waals surface area (Å²) in [5.74, 6) is -0.211. The number of carbonyl (C=O) groups is 1. The van der Waals surface area contributed by atoms with Gasteiger partial charge in [0, 0.05) is 7.05 Å². The van der Waals surface area contributed by atoms with Gasteiger partial charge >= 0.3 is 0 Å². The fourth-order valence-corrected chi connectivity index (χ4v) is 2.03. The molecule has 0 unspecified atom stereocenters. The second kappa shape index (κ2) is 5.14. The van der Waals surface area contributed by atoms with Crippen LogP contribution >= 0.6 is 0 Å². The summed E-state index contributed by atoms with van der Waals surface area (Å²) in [7, 11) is 1.71. The Hall–Kier alpha value is -2.30. The van der Waals surface area contributed by atoms with Gasteiger partial charge in [-0.2, -0.15) is 5.10 Å². The van der Waals surface area contributed by atoms with Gasteiger partial charge in [-0.3, -0.25) is 9.48 Å². The molecule has 5 nitrogen and oxygen atoms in total. The van der Waals surface area contributed by atoms with Crippen LogP contribution < -0.4 is 11.1 Å². The monoisotopic (exact) mass is 258 g/mol. The summed E-state index contributed by atoms with van der Waals surface area (Å²) in [4.78, 5) is 12.2. The average molecular weight is 258 g/mol. The number of benzene rings is 1. The molecule has 1 amide bonds. The quantitative estimate of drug-likeness (QED) is 0.881. The van der Waals surface area contributed by atoms with Gasteiger partial charge in [0.1, 0.15) is 5.69 Å². The SMILES string of the molecule is Cc1nn(C)c(C(=O)N[C@@H](C)c2ccccc2)c1N. The molecule has 3 N–H and O–H groups in total. The Kier molecular flexibility index (Phi) is 3.55. The van der Waals surface area contributed by atoms with Gasteiger partial charge in [0.05, 0.1) is 17.4 Å². The number of hydrogen-bond donors (Lipinski definition) is 2. The maximum Gasteiger partial charge on any atom is 0.272 e. The molecule has 2 rings (SSSR count). The van der Waals surface area contributed by atoms with Crippen LogP contribution in [0.25, 0.3) is 0 Å². The third-order valence-corrected chi connectivity index (χ3v) is 3.13. The summed E-state index contributed by atoms with van der Waals surface area (Å²) in [6.45, 7) is 3.72. The first kappa shape index (κ1) is 13.1. The highest BCUT2D eigenvalue weighted by atomic mass is 16.2. The molecule has 0 bridgehead atoms. The van der Waals surface area contributed by atoms with E-state index in [0.29, 0.717) is 17.1 Å². The number of carbonyl (C=O) groups excluding carboxylic acids is 1. The lowest BCUT2D eigenvalue weighted by Crippen LogP contribution is -2.29. The van der Waals surface area contributed by atoms with Crippen LogP contribution in [0.5, 0.6) is 0 Å². The maximum atomic E-state index is 12.2. The smallest absolute Gasteiger partial charge is 0.272 e. The first-order valence-corrected chi connectivity index (χ1v) is 6.15. The lowest BCUT2D eigenvalue weighted by molar-refractivity contribution is 0.0931. The molecule has 1 aromatic heterocycles. The van der Waals surface area contributed by atoms with Crippen LogP contribution in [0.15, 0.2) is 30.3 Å². The molecule has 100 valence electrons. The Labute approximate surface area is 112 Å². The molecule has 0 radical (unpaired) electrons. The lowest BCUT2D eigenvalue weighted by atomic mass is 10.1. The van der Waals surface area contributed by atoms with Crippen molar-refractivity contribution in [3.05, 3.63) is 47.3 Å². The van der Waals surface area contributed by atoms with E-state index in [1.54, 1.807) is 14.0 Å². The number of rotatable bonds is 3. The summed E-state index contributed by atoms with van der Waals surface area (Å²) in [5.41, 5.74) is 8.42. The number of aryl methyl sites for hydroxylation is 2. The topological polar surface area (TPSA) is 72.9 Å². The van der Waals surface area contributed by atoms with Crippen molar-refractivity contribution in [3.8, 4) is 0 Å². The normalized spacial score (nSPS) is 12.2. The second-order valence-electron chi connectivity index (χ2n) is 4.58. The van der Waals surface area contributed by atoms with Gasteiger partial charge in [-0.1, -0.05) is 30.3 Å². The van der Waals surface area contributed by atoms with E-state index in [-0.39, 0.29) is 11.9 Å². The van der Waals surface area contributed by atoms with E-state index in [4.69, 9.17) is 5.73 Å². The van der Waals surface area contributed by atoms with Crippen molar-refractivity contribution in [1.29, 1.82) is 0 Å². The number of nitrogens with one attached hydrogen (secondary N) is 1. The molecule has 0 fully saturated rings. The number of nitrogens with two attached hydrogens (primary N) is 1. The Morgan fingerprint density at radius 2 is 2.00 bits per heavy atom. The van der Waals surface area contributed by atoms with Crippen LogP contribution in [-0.4, -0.2) is 15.7 Å². The Balaban J connectivity index is 2.18. The third kappa shape index (κ3) is 2.59. The molecule has 19 heavy (non-hydrogen) atoms. The van der Waals surface area contributed by atoms with Crippen LogP contribution in [0, 0.1) is 6.92 Å². The van der Waals surface area contributed by atoms with E-state index < -0.39 is 0 Å². The summed E-state index contributed by atoms with van der Waals surface area (Å²) in [6.07, 6.45) is 0. The van der Waals surface area contributed by atoms with Crippen molar-refractivity contribution in [3.63, 3.8) is 0 Å². The van der Waals surface area contributed by atoms with Crippen molar-refractivity contribution in [2.24, 2.45) is 7.05 Å². The van der Waals surface area contributed by atoms with Gasteiger partial charge in [-0.15, -0.1) is 0 Å². The molecule has 1 heterocycles. The predicted octanol–water partition coefficient (Wildman–Crippen LogP) is 1.80. The van der Waals surface area contributed by atoms with Crippen molar-refractivity contribution in [2.45, 2.75) is 19.9 Å². The van der Waals surface area contributed by atoms with Gasteiger partial charge in [0.25, 0.3) is 5.91 Å². The fraction of sp³-hybridized carbons (Fsp3) is 0.286. The zero-order valence-electron chi connectivity index (χ0n) is 11.3. The molecular formula is C14H18N4O. The molecule has 1 atom stereocenters. The lowest BCUT2D eigenvalue weighted by Gasteiger charge is -2.14. The second-order valence-corrected chi connectivity index (χ2v) is 4.58. The van der Waals surface area contributed by atoms with Crippen molar-refractivity contribution in [2.75, 3.05) is 5.73 Å². The standard InChI is InChI=1S/C14H18N4O/c1-9(11-7-5-4-6-8-11)16-14(19)13-12(15)10(2)17-18(13)3/h4-9H,15H2,1-3H3,(H,16,19)/t9-/m0/s1. The molecule has 0 saturated carbocycles. The van der Waals surface area contributed by atoms with Gasteiger partial charge in [0.2, 0.25) is 0 Å². The van der Waals surface area contributed by atoms with E-state index in [1.807, 2.05) is 37.3 Å². The summed E-state index contributed by atoms with van der Waals surface area (Å²) in [5, 5.41) is 7.07. The minimum Gasteiger partial charge on any atom is -0.395 e. The van der Waals surface area contributed by atoms with Crippen molar-refractivity contribution >= 4 is 11.6 Å². The Morgan fingerprint density at radius 3 is 2.53 bits per heavy atom. The number of amides is 1. The van der Waals surface area contributed by atoms with E-state index in [2.05, 4.69) is 10.4 Å². The fourth-order valence-electron chi connectivity index (χ4n) is 2.03. The van der Waals surface area contributed by atoms with Crippen LogP contribution in [0.1, 0.15) is 34.7 Å². The first-order chi connectivity index (χ1) is 9.00. The zero-order chi connectivity index (χ0) is 14.0. The summed E-state index contributed by atoms with van der Waals surface area (Å²) in [6, 6.07) is 9.70. The number of nitrogen functional groups attached to an aromatic ring is 1. The molecular weight excluding hydrogens is 240 g/mol. The van der Waals surface area contributed by atoms with Gasteiger partial charge < -0.3 is 11.1 Å². The van der Waals surface area contributed by atoms with Crippen LogP contribution in [-0.2, 0) is 7.05 Å². The number of nitrogens with zero attached hydrogens (tertiary/aromatic N) is 2. The van der Waals surface area contributed by atoms with E-state index in [1.165, 1.54) is 4.68 Å². The molecule has 0 aliphatic heterocycles. The molecule has 0 aliphatic rings. The molecule has 0 saturated heterocycles.